The van der Waals surface area contributed by atoms with Crippen LogP contribution in [0.1, 0.15) is 109 Å². The third-order valence-electron chi connectivity index (χ3n) is 15.5. The van der Waals surface area contributed by atoms with Gasteiger partial charge in [0.25, 0.3) is 0 Å². The standard InChI is InChI=1S/C56H56N4O/c1-34-20-39-21-35(2)28-55(27-34,31-39)46-14-9-41(10-15-46)43-6-5-7-44(25-43)53-58-52(42-11-16-47(17-12-42)56-29-36(3)22-40(32-56)23-37(4)30-56)59-54(60-53)45-13-19-49-48-18-8-38(33-57)24-50(48)61-51(49)26-45/h5-19,24-26,34-37,39-40H,20-23,27-32H2,1-4H3/t34-,35+,36-,37+,39?,40?,55?,56?. The molecule has 4 bridgehead atoms. The Balaban J connectivity index is 0.973. The minimum atomic E-state index is 0.258. The van der Waals surface area contributed by atoms with E-state index in [4.69, 9.17) is 19.4 Å². The van der Waals surface area contributed by atoms with Crippen molar-refractivity contribution in [3.63, 3.8) is 0 Å². The smallest absolute Gasteiger partial charge is 0.164 e. The van der Waals surface area contributed by atoms with Gasteiger partial charge in [-0.2, -0.15) is 5.26 Å². The summed E-state index contributed by atoms with van der Waals surface area (Å²) in [6.07, 6.45) is 13.3. The number of benzene rings is 5. The molecule has 7 aromatic rings. The second kappa shape index (κ2) is 14.8. The molecule has 11 rings (SSSR count). The summed E-state index contributed by atoms with van der Waals surface area (Å²) in [7, 11) is 0. The van der Waals surface area contributed by atoms with Gasteiger partial charge in [0.15, 0.2) is 17.5 Å². The van der Waals surface area contributed by atoms with Crippen molar-refractivity contribution in [3.8, 4) is 51.4 Å². The monoisotopic (exact) mass is 800 g/mol. The minimum Gasteiger partial charge on any atom is -0.456 e. The van der Waals surface area contributed by atoms with Crippen LogP contribution in [0.25, 0.3) is 67.2 Å². The van der Waals surface area contributed by atoms with E-state index in [9.17, 15) is 5.26 Å². The highest BCUT2D eigenvalue weighted by Crippen LogP contribution is 2.55. The number of rotatable bonds is 6. The van der Waals surface area contributed by atoms with Gasteiger partial charge in [0.05, 0.1) is 11.6 Å². The summed E-state index contributed by atoms with van der Waals surface area (Å²) < 4.78 is 6.33. The van der Waals surface area contributed by atoms with Crippen LogP contribution in [0.2, 0.25) is 0 Å². The van der Waals surface area contributed by atoms with Crippen molar-refractivity contribution in [3.05, 3.63) is 126 Å². The van der Waals surface area contributed by atoms with Crippen molar-refractivity contribution in [2.45, 2.75) is 103 Å². The van der Waals surface area contributed by atoms with Crippen molar-refractivity contribution in [1.82, 2.24) is 15.0 Å². The first-order valence-corrected chi connectivity index (χ1v) is 23.1. The Kier molecular flexibility index (Phi) is 9.30. The van der Waals surface area contributed by atoms with Crippen LogP contribution < -0.4 is 0 Å². The van der Waals surface area contributed by atoms with Crippen LogP contribution in [0.4, 0.5) is 0 Å². The number of nitriles is 1. The number of hydrogen-bond donors (Lipinski definition) is 0. The summed E-state index contributed by atoms with van der Waals surface area (Å²) in [5, 5.41) is 11.5. The van der Waals surface area contributed by atoms with E-state index in [1.165, 1.54) is 80.9 Å². The van der Waals surface area contributed by atoms with Crippen LogP contribution in [0.5, 0.6) is 0 Å². The average molecular weight is 801 g/mol. The molecule has 0 aliphatic heterocycles. The molecule has 4 aliphatic carbocycles. The van der Waals surface area contributed by atoms with E-state index in [1.807, 2.05) is 24.3 Å². The molecule has 0 spiro atoms. The van der Waals surface area contributed by atoms with Crippen LogP contribution in [-0.2, 0) is 10.8 Å². The Morgan fingerprint density at radius 1 is 0.475 bits per heavy atom. The topological polar surface area (TPSA) is 75.6 Å². The Labute approximate surface area is 360 Å². The maximum absolute atomic E-state index is 9.52. The summed E-state index contributed by atoms with van der Waals surface area (Å²) in [4.78, 5) is 15.6. The van der Waals surface area contributed by atoms with E-state index < -0.39 is 0 Å². The van der Waals surface area contributed by atoms with Crippen molar-refractivity contribution < 1.29 is 4.42 Å². The molecule has 5 aromatic carbocycles. The third kappa shape index (κ3) is 6.97. The summed E-state index contributed by atoms with van der Waals surface area (Å²) in [5.41, 5.74) is 10.7. The SMILES string of the molecule is C[C@@H]1CC2C[C@H](C)CC(c3ccc(-c4cccc(-c5nc(-c6ccc(C78CC(C[C@@H](C)C7)C[C@H](C)C8)cc6)nc(-c6ccc7c(c6)oc6cc(C#N)ccc67)n5)c4)cc3)(C2)C1. The zero-order valence-electron chi connectivity index (χ0n) is 36.1. The minimum absolute atomic E-state index is 0.258. The van der Waals surface area contributed by atoms with E-state index in [0.29, 0.717) is 34.0 Å². The Hall–Kier alpha value is -5.60. The van der Waals surface area contributed by atoms with Gasteiger partial charge in [0, 0.05) is 27.5 Å². The lowest BCUT2D eigenvalue weighted by Gasteiger charge is -2.50. The first-order chi connectivity index (χ1) is 29.6. The third-order valence-corrected chi connectivity index (χ3v) is 15.5. The van der Waals surface area contributed by atoms with Gasteiger partial charge in [-0.3, -0.25) is 0 Å². The molecule has 4 fully saturated rings. The van der Waals surface area contributed by atoms with Gasteiger partial charge >= 0.3 is 0 Å². The van der Waals surface area contributed by atoms with Crippen molar-refractivity contribution in [2.75, 3.05) is 0 Å². The van der Waals surface area contributed by atoms with Crippen LogP contribution in [0.3, 0.4) is 0 Å². The fourth-order valence-corrected chi connectivity index (χ4v) is 13.7. The van der Waals surface area contributed by atoms with Crippen molar-refractivity contribution >= 4 is 21.9 Å². The Bertz CT molecular complexity index is 2790. The quantitative estimate of drug-likeness (QED) is 0.167. The first kappa shape index (κ1) is 38.3. The van der Waals surface area contributed by atoms with Gasteiger partial charge in [-0.05, 0) is 169 Å². The number of nitrogens with zero attached hydrogens (tertiary/aromatic N) is 4. The van der Waals surface area contributed by atoms with Gasteiger partial charge in [0.2, 0.25) is 0 Å². The molecule has 4 aliphatic rings. The molecular formula is C56H56N4O. The molecule has 2 aromatic heterocycles. The number of hydrogen-bond acceptors (Lipinski definition) is 5. The molecule has 5 nitrogen and oxygen atoms in total. The lowest BCUT2D eigenvalue weighted by molar-refractivity contribution is 0.0779. The molecule has 8 atom stereocenters. The van der Waals surface area contributed by atoms with Gasteiger partial charge in [-0.25, -0.2) is 15.0 Å². The molecule has 4 unspecified atom stereocenters. The highest BCUT2D eigenvalue weighted by molar-refractivity contribution is 6.06. The maximum Gasteiger partial charge on any atom is 0.164 e. The first-order valence-electron chi connectivity index (χ1n) is 23.1. The highest BCUT2D eigenvalue weighted by Gasteiger charge is 2.46. The molecule has 0 N–H and O–H groups in total. The Morgan fingerprint density at radius 3 is 1.46 bits per heavy atom. The number of fused-ring (bicyclic) bond motifs is 7. The van der Waals surface area contributed by atoms with Gasteiger partial charge in [-0.15, -0.1) is 0 Å². The van der Waals surface area contributed by atoms with Gasteiger partial charge in [0.1, 0.15) is 11.2 Å². The fourth-order valence-electron chi connectivity index (χ4n) is 13.7. The second-order valence-electron chi connectivity index (χ2n) is 20.6. The number of aromatic nitrogens is 3. The predicted molar refractivity (Wildman–Crippen MR) is 247 cm³/mol. The van der Waals surface area contributed by atoms with E-state index in [0.717, 1.165) is 74.1 Å². The molecule has 0 radical (unpaired) electrons. The summed E-state index contributed by atoms with van der Waals surface area (Å²) in [5.74, 6) is 6.69. The average Bonchev–Trinajstić information content (AvgIpc) is 3.62. The van der Waals surface area contributed by atoms with Gasteiger partial charge < -0.3 is 4.42 Å². The van der Waals surface area contributed by atoms with Crippen LogP contribution >= 0.6 is 0 Å². The van der Waals surface area contributed by atoms with Crippen LogP contribution in [0, 0.1) is 46.8 Å². The van der Waals surface area contributed by atoms with Gasteiger partial charge in [-0.1, -0.05) is 100 Å². The van der Waals surface area contributed by atoms with E-state index in [1.54, 1.807) is 0 Å². The fraction of sp³-hybridized carbons (Fsp3) is 0.393. The zero-order chi connectivity index (χ0) is 41.5. The largest absolute Gasteiger partial charge is 0.456 e. The van der Waals surface area contributed by atoms with Crippen molar-refractivity contribution in [2.24, 2.45) is 35.5 Å². The summed E-state index contributed by atoms with van der Waals surface area (Å²) >= 11 is 0. The van der Waals surface area contributed by atoms with Crippen LogP contribution in [0.15, 0.2) is 114 Å². The highest BCUT2D eigenvalue weighted by atomic mass is 16.3. The molecule has 4 saturated carbocycles. The normalized spacial score (nSPS) is 28.4. The van der Waals surface area contributed by atoms with E-state index >= 15 is 0 Å². The predicted octanol–water partition coefficient (Wildman–Crippen LogP) is 14.5. The zero-order valence-corrected chi connectivity index (χ0v) is 36.1. The van der Waals surface area contributed by atoms with E-state index in [-0.39, 0.29) is 5.41 Å². The lowest BCUT2D eigenvalue weighted by Crippen LogP contribution is -2.42. The maximum atomic E-state index is 9.52. The van der Waals surface area contributed by atoms with E-state index in [2.05, 4.69) is 119 Å². The molecule has 0 amide bonds. The second-order valence-corrected chi connectivity index (χ2v) is 20.6. The molecule has 306 valence electrons. The van der Waals surface area contributed by atoms with Crippen molar-refractivity contribution in [1.29, 1.82) is 5.26 Å². The number of furan rings is 1. The summed E-state index contributed by atoms with van der Waals surface area (Å²) in [6, 6.07) is 41.5. The molecular weight excluding hydrogens is 745 g/mol. The van der Waals surface area contributed by atoms with Crippen LogP contribution in [-0.4, -0.2) is 15.0 Å². The molecule has 61 heavy (non-hydrogen) atoms. The lowest BCUT2D eigenvalue weighted by atomic mass is 9.54. The summed E-state index contributed by atoms with van der Waals surface area (Å²) in [6.45, 7) is 9.85. The molecule has 2 heterocycles. The Morgan fingerprint density at radius 2 is 0.918 bits per heavy atom. The molecule has 5 heteroatoms. The molecule has 0 saturated heterocycles.